The van der Waals surface area contributed by atoms with Gasteiger partial charge in [-0.25, -0.2) is 15.0 Å². The Morgan fingerprint density at radius 2 is 2.09 bits per heavy atom. The van der Waals surface area contributed by atoms with Crippen molar-refractivity contribution in [3.63, 3.8) is 0 Å². The maximum absolute atomic E-state index is 12.5. The average molecular weight is 319 g/mol. The molecule has 0 bridgehead atoms. The first-order valence-corrected chi connectivity index (χ1v) is 7.97. The Bertz CT molecular complexity index is 572. The van der Waals surface area contributed by atoms with Gasteiger partial charge in [0.15, 0.2) is 0 Å². The lowest BCUT2D eigenvalue weighted by Gasteiger charge is -2.54. The Kier molecular flexibility index (Phi) is 3.67. The van der Waals surface area contributed by atoms with E-state index in [9.17, 15) is 4.79 Å². The molecule has 1 aromatic heterocycles. The summed E-state index contributed by atoms with van der Waals surface area (Å²) in [6, 6.07) is 1.54. The molecule has 0 radical (unpaired) electrons. The quantitative estimate of drug-likeness (QED) is 0.730. The lowest BCUT2D eigenvalue weighted by atomic mass is 9.91. The number of likely N-dealkylation sites (N-methyl/N-ethyl adjacent to an activating group) is 1. The van der Waals surface area contributed by atoms with E-state index in [0.717, 1.165) is 32.0 Å². The zero-order chi connectivity index (χ0) is 15.9. The third-order valence-electron chi connectivity index (χ3n) is 4.69. The molecule has 3 fully saturated rings. The summed E-state index contributed by atoms with van der Waals surface area (Å²) in [5.41, 5.74) is -0.226. The van der Waals surface area contributed by atoms with Gasteiger partial charge in [0.1, 0.15) is 11.6 Å². The Balaban J connectivity index is 1.36. The van der Waals surface area contributed by atoms with Gasteiger partial charge >= 0.3 is 0 Å². The highest BCUT2D eigenvalue weighted by Gasteiger charge is 2.51. The molecule has 3 aliphatic rings. The molecular weight excluding hydrogens is 298 g/mol. The van der Waals surface area contributed by atoms with Gasteiger partial charge in [-0.2, -0.15) is 0 Å². The van der Waals surface area contributed by atoms with Crippen LogP contribution in [-0.4, -0.2) is 83.9 Å². The van der Waals surface area contributed by atoms with E-state index in [2.05, 4.69) is 19.8 Å². The number of rotatable bonds is 2. The van der Waals surface area contributed by atoms with Crippen LogP contribution in [0.5, 0.6) is 0 Å². The second-order valence-electron chi connectivity index (χ2n) is 6.46. The van der Waals surface area contributed by atoms with Gasteiger partial charge in [-0.15, -0.1) is 0 Å². The molecular formula is C15H21N5O3. The van der Waals surface area contributed by atoms with E-state index >= 15 is 0 Å². The fraction of sp³-hybridized carbons (Fsp3) is 0.667. The minimum Gasteiger partial charge on any atom is -0.368 e. The highest BCUT2D eigenvalue weighted by molar-refractivity contribution is 5.81. The second-order valence-corrected chi connectivity index (χ2v) is 6.46. The fourth-order valence-corrected chi connectivity index (χ4v) is 3.48. The summed E-state index contributed by atoms with van der Waals surface area (Å²) >= 11 is 0. The monoisotopic (exact) mass is 319 g/mol. The summed E-state index contributed by atoms with van der Waals surface area (Å²) in [5.74, 6) is 0.732. The smallest absolute Gasteiger partial charge is 0.265 e. The molecule has 23 heavy (non-hydrogen) atoms. The summed E-state index contributed by atoms with van der Waals surface area (Å²) in [7, 11) is 1.98. The van der Waals surface area contributed by atoms with Crippen LogP contribution in [0, 0.1) is 0 Å². The van der Waals surface area contributed by atoms with Crippen LogP contribution in [0.3, 0.4) is 0 Å². The number of hydrogen-bond donors (Lipinski definition) is 0. The topological polar surface area (TPSA) is 71.0 Å². The molecule has 4 rings (SSSR count). The first-order chi connectivity index (χ1) is 11.2. The maximum atomic E-state index is 12.5. The van der Waals surface area contributed by atoms with E-state index in [1.807, 2.05) is 7.05 Å². The number of ether oxygens (including phenoxy) is 1. The van der Waals surface area contributed by atoms with Crippen molar-refractivity contribution in [2.45, 2.75) is 18.1 Å². The van der Waals surface area contributed by atoms with Gasteiger partial charge in [0.05, 0.1) is 32.8 Å². The van der Waals surface area contributed by atoms with Gasteiger partial charge < -0.3 is 9.64 Å². The Labute approximate surface area is 134 Å². The molecule has 124 valence electrons. The van der Waals surface area contributed by atoms with E-state index in [4.69, 9.17) is 9.57 Å². The van der Waals surface area contributed by atoms with Crippen LogP contribution in [0.25, 0.3) is 0 Å². The molecule has 3 aliphatic heterocycles. The van der Waals surface area contributed by atoms with E-state index in [1.165, 1.54) is 5.06 Å². The maximum Gasteiger partial charge on any atom is 0.265 e. The number of carbonyl (C=O) groups is 1. The van der Waals surface area contributed by atoms with Crippen molar-refractivity contribution >= 4 is 11.9 Å². The predicted molar refractivity (Wildman–Crippen MR) is 81.6 cm³/mol. The van der Waals surface area contributed by atoms with Crippen LogP contribution in [0.15, 0.2) is 18.5 Å². The number of hydroxylamine groups is 2. The lowest BCUT2D eigenvalue weighted by molar-refractivity contribution is -0.191. The molecule has 3 saturated heterocycles. The van der Waals surface area contributed by atoms with Crippen molar-refractivity contribution in [1.29, 1.82) is 0 Å². The minimum atomic E-state index is -0.263. The molecule has 1 atom stereocenters. The number of morpholine rings is 1. The standard InChI is InChI=1S/C15H21N5O3/c1-18-9-15(10-19(11-15)14-16-4-2-5-17-14)22-8-12(18)13(21)20-6-3-7-23-20/h2,4-5,12H,3,6-11H2,1H3. The summed E-state index contributed by atoms with van der Waals surface area (Å²) < 4.78 is 6.07. The van der Waals surface area contributed by atoms with Crippen molar-refractivity contribution in [2.24, 2.45) is 0 Å². The Morgan fingerprint density at radius 1 is 1.30 bits per heavy atom. The van der Waals surface area contributed by atoms with Crippen LogP contribution >= 0.6 is 0 Å². The average Bonchev–Trinajstić information content (AvgIpc) is 3.07. The van der Waals surface area contributed by atoms with Gasteiger partial charge in [-0.1, -0.05) is 0 Å². The van der Waals surface area contributed by atoms with Crippen LogP contribution in [0.2, 0.25) is 0 Å². The minimum absolute atomic E-state index is 0.00224. The zero-order valence-electron chi connectivity index (χ0n) is 13.2. The van der Waals surface area contributed by atoms with Crippen molar-refractivity contribution in [3.8, 4) is 0 Å². The molecule has 1 aromatic rings. The van der Waals surface area contributed by atoms with Crippen molar-refractivity contribution in [2.75, 3.05) is 51.3 Å². The van der Waals surface area contributed by atoms with Crippen molar-refractivity contribution in [1.82, 2.24) is 19.9 Å². The zero-order valence-corrected chi connectivity index (χ0v) is 13.2. The molecule has 1 unspecified atom stereocenters. The highest BCUT2D eigenvalue weighted by atomic mass is 16.7. The number of anilines is 1. The van der Waals surface area contributed by atoms with E-state index < -0.39 is 0 Å². The summed E-state index contributed by atoms with van der Waals surface area (Å²) in [4.78, 5) is 30.5. The van der Waals surface area contributed by atoms with Crippen LogP contribution in [-0.2, 0) is 14.4 Å². The molecule has 0 aromatic carbocycles. The molecule has 4 heterocycles. The third kappa shape index (κ3) is 2.66. The fourth-order valence-electron chi connectivity index (χ4n) is 3.48. The summed E-state index contributed by atoms with van der Waals surface area (Å²) in [5, 5.41) is 1.48. The van der Waals surface area contributed by atoms with Gasteiger partial charge in [-0.3, -0.25) is 14.5 Å². The van der Waals surface area contributed by atoms with Crippen molar-refractivity contribution < 1.29 is 14.4 Å². The third-order valence-corrected chi connectivity index (χ3v) is 4.69. The molecule has 0 saturated carbocycles. The molecule has 1 amide bonds. The molecule has 0 aliphatic carbocycles. The largest absolute Gasteiger partial charge is 0.368 e. The normalized spacial score (nSPS) is 27.3. The van der Waals surface area contributed by atoms with Crippen LogP contribution in [0.1, 0.15) is 6.42 Å². The number of hydrogen-bond acceptors (Lipinski definition) is 7. The predicted octanol–water partition coefficient (Wildman–Crippen LogP) is -0.470. The number of amides is 1. The van der Waals surface area contributed by atoms with E-state index in [0.29, 0.717) is 19.8 Å². The molecule has 0 N–H and O–H groups in total. The van der Waals surface area contributed by atoms with E-state index in [1.54, 1.807) is 18.5 Å². The summed E-state index contributed by atoms with van der Waals surface area (Å²) in [6.45, 7) is 3.93. The van der Waals surface area contributed by atoms with Crippen molar-refractivity contribution in [3.05, 3.63) is 18.5 Å². The Morgan fingerprint density at radius 3 is 2.74 bits per heavy atom. The SMILES string of the molecule is CN1CC2(CN(c3ncccn3)C2)OCC1C(=O)N1CCCO1. The summed E-state index contributed by atoms with van der Waals surface area (Å²) in [6.07, 6.45) is 4.39. The molecule has 8 heteroatoms. The van der Waals surface area contributed by atoms with Gasteiger partial charge in [0, 0.05) is 18.9 Å². The number of carbonyl (C=O) groups excluding carboxylic acids is 1. The first-order valence-electron chi connectivity index (χ1n) is 7.97. The number of nitrogens with zero attached hydrogens (tertiary/aromatic N) is 5. The second kappa shape index (κ2) is 5.70. The first kappa shape index (κ1) is 14.8. The Hall–Kier alpha value is -1.77. The van der Waals surface area contributed by atoms with Crippen LogP contribution < -0.4 is 4.90 Å². The molecule has 1 spiro atoms. The number of aromatic nitrogens is 2. The highest BCUT2D eigenvalue weighted by Crippen LogP contribution is 2.32. The lowest BCUT2D eigenvalue weighted by Crippen LogP contribution is -2.72. The van der Waals surface area contributed by atoms with Gasteiger partial charge in [0.2, 0.25) is 5.95 Å². The van der Waals surface area contributed by atoms with E-state index in [-0.39, 0.29) is 17.6 Å². The van der Waals surface area contributed by atoms with Crippen LogP contribution in [0.4, 0.5) is 5.95 Å². The molecule has 8 nitrogen and oxygen atoms in total. The van der Waals surface area contributed by atoms with Gasteiger partial charge in [0.25, 0.3) is 5.91 Å². The van der Waals surface area contributed by atoms with Gasteiger partial charge in [-0.05, 0) is 19.5 Å².